The molecule has 0 radical (unpaired) electrons. The van der Waals surface area contributed by atoms with Crippen LogP contribution in [-0.4, -0.2) is 32.4 Å². The first kappa shape index (κ1) is 23.7. The second kappa shape index (κ2) is 9.97. The third-order valence-corrected chi connectivity index (χ3v) is 5.37. The van der Waals surface area contributed by atoms with Gasteiger partial charge in [0.25, 0.3) is 5.69 Å². The van der Waals surface area contributed by atoms with E-state index in [-0.39, 0.29) is 16.7 Å². The molecule has 0 aliphatic rings. The minimum Gasteiger partial charge on any atom is -0.444 e. The SMILES string of the molecule is CCc1nn(C[C@@H](C)NC(=O)OC(C)(C)C)c(CC)c1Sc1cccc([N+](=O)[O-])c1. The van der Waals surface area contributed by atoms with Gasteiger partial charge in [0.2, 0.25) is 0 Å². The Labute approximate surface area is 181 Å². The minimum atomic E-state index is -0.554. The van der Waals surface area contributed by atoms with Crippen molar-refractivity contribution in [1.29, 1.82) is 0 Å². The Kier molecular flexibility index (Phi) is 7.89. The maximum Gasteiger partial charge on any atom is 0.407 e. The van der Waals surface area contributed by atoms with Crippen molar-refractivity contribution < 1.29 is 14.5 Å². The van der Waals surface area contributed by atoms with Crippen LogP contribution >= 0.6 is 11.8 Å². The van der Waals surface area contributed by atoms with E-state index in [1.807, 2.05) is 45.4 Å². The zero-order valence-corrected chi connectivity index (χ0v) is 19.2. The number of alkyl carbamates (subject to hydrolysis) is 1. The number of aryl methyl sites for hydroxylation is 1. The van der Waals surface area contributed by atoms with Crippen molar-refractivity contribution >= 4 is 23.5 Å². The Bertz CT molecular complexity index is 905. The molecule has 2 aromatic rings. The number of ether oxygens (including phenoxy) is 1. The highest BCUT2D eigenvalue weighted by Gasteiger charge is 2.21. The summed E-state index contributed by atoms with van der Waals surface area (Å²) in [5, 5.41) is 18.7. The van der Waals surface area contributed by atoms with Gasteiger partial charge in [-0.1, -0.05) is 31.7 Å². The summed E-state index contributed by atoms with van der Waals surface area (Å²) in [7, 11) is 0. The van der Waals surface area contributed by atoms with Gasteiger partial charge in [0, 0.05) is 23.1 Å². The van der Waals surface area contributed by atoms with Crippen LogP contribution in [0.5, 0.6) is 0 Å². The average molecular weight is 435 g/mol. The van der Waals surface area contributed by atoms with Crippen LogP contribution in [0.3, 0.4) is 0 Å². The van der Waals surface area contributed by atoms with Gasteiger partial charge in [-0.3, -0.25) is 14.8 Å². The van der Waals surface area contributed by atoms with Gasteiger partial charge in [-0.2, -0.15) is 5.10 Å². The van der Waals surface area contributed by atoms with E-state index in [1.54, 1.807) is 12.1 Å². The van der Waals surface area contributed by atoms with E-state index in [0.29, 0.717) is 6.54 Å². The average Bonchev–Trinajstić information content (AvgIpc) is 2.96. The van der Waals surface area contributed by atoms with Gasteiger partial charge in [0.15, 0.2) is 0 Å². The van der Waals surface area contributed by atoms with Crippen LogP contribution in [0.1, 0.15) is 52.9 Å². The maximum atomic E-state index is 12.0. The van der Waals surface area contributed by atoms with E-state index in [1.165, 1.54) is 17.8 Å². The molecule has 1 aromatic heterocycles. The number of nitrogens with zero attached hydrogens (tertiary/aromatic N) is 3. The van der Waals surface area contributed by atoms with Gasteiger partial charge in [0.05, 0.1) is 27.8 Å². The van der Waals surface area contributed by atoms with Crippen LogP contribution in [0.2, 0.25) is 0 Å². The molecule has 0 spiro atoms. The van der Waals surface area contributed by atoms with Crippen molar-refractivity contribution in [2.45, 2.75) is 82.4 Å². The first-order valence-corrected chi connectivity index (χ1v) is 10.9. The third kappa shape index (κ3) is 6.48. The molecule has 1 aromatic carbocycles. The van der Waals surface area contributed by atoms with Crippen LogP contribution in [0, 0.1) is 10.1 Å². The van der Waals surface area contributed by atoms with Gasteiger partial charge in [-0.05, 0) is 46.6 Å². The van der Waals surface area contributed by atoms with Gasteiger partial charge < -0.3 is 10.1 Å². The number of carbonyl (C=O) groups excluding carboxylic acids is 1. The van der Waals surface area contributed by atoms with Crippen molar-refractivity contribution in [3.63, 3.8) is 0 Å². The van der Waals surface area contributed by atoms with Crippen molar-refractivity contribution in [2.75, 3.05) is 0 Å². The molecule has 8 nitrogen and oxygen atoms in total. The lowest BCUT2D eigenvalue weighted by Crippen LogP contribution is -2.40. The lowest BCUT2D eigenvalue weighted by atomic mass is 10.2. The van der Waals surface area contributed by atoms with Gasteiger partial charge in [-0.25, -0.2) is 4.79 Å². The Hall–Kier alpha value is -2.55. The number of aromatic nitrogens is 2. The lowest BCUT2D eigenvalue weighted by molar-refractivity contribution is -0.385. The number of nitro groups is 1. The van der Waals surface area contributed by atoms with Gasteiger partial charge >= 0.3 is 6.09 Å². The molecule has 0 fully saturated rings. The lowest BCUT2D eigenvalue weighted by Gasteiger charge is -2.22. The highest BCUT2D eigenvalue weighted by atomic mass is 32.2. The molecule has 0 unspecified atom stereocenters. The predicted octanol–water partition coefficient (Wildman–Crippen LogP) is 4.98. The summed E-state index contributed by atoms with van der Waals surface area (Å²) in [5.41, 5.74) is 1.49. The first-order valence-electron chi connectivity index (χ1n) is 10.0. The van der Waals surface area contributed by atoms with Crippen molar-refractivity contribution in [2.24, 2.45) is 0 Å². The number of amides is 1. The molecular weight excluding hydrogens is 404 g/mol. The quantitative estimate of drug-likeness (QED) is 0.465. The van der Waals surface area contributed by atoms with Crippen LogP contribution in [0.4, 0.5) is 10.5 Å². The summed E-state index contributed by atoms with van der Waals surface area (Å²) in [6, 6.07) is 6.44. The number of rotatable bonds is 8. The Morgan fingerprint density at radius 3 is 2.60 bits per heavy atom. The molecule has 0 saturated heterocycles. The molecule has 1 atom stereocenters. The Balaban J connectivity index is 2.22. The fraction of sp³-hybridized carbons (Fsp3) is 0.524. The topological polar surface area (TPSA) is 99.3 Å². The third-order valence-electron chi connectivity index (χ3n) is 4.21. The van der Waals surface area contributed by atoms with Gasteiger partial charge in [-0.15, -0.1) is 0 Å². The number of hydrogen-bond acceptors (Lipinski definition) is 6. The highest BCUT2D eigenvalue weighted by molar-refractivity contribution is 7.99. The second-order valence-electron chi connectivity index (χ2n) is 8.02. The highest BCUT2D eigenvalue weighted by Crippen LogP contribution is 2.35. The number of carbonyl (C=O) groups is 1. The summed E-state index contributed by atoms with van der Waals surface area (Å²) in [6.07, 6.45) is 1.04. The number of non-ortho nitro benzene ring substituents is 1. The molecule has 1 heterocycles. The predicted molar refractivity (Wildman–Crippen MR) is 117 cm³/mol. The minimum absolute atomic E-state index is 0.0682. The van der Waals surface area contributed by atoms with E-state index in [9.17, 15) is 14.9 Å². The second-order valence-corrected chi connectivity index (χ2v) is 9.10. The smallest absolute Gasteiger partial charge is 0.407 e. The van der Waals surface area contributed by atoms with Gasteiger partial charge in [0.1, 0.15) is 5.60 Å². The summed E-state index contributed by atoms with van der Waals surface area (Å²) >= 11 is 1.49. The largest absolute Gasteiger partial charge is 0.444 e. The molecular formula is C21H30N4O4S. The Morgan fingerprint density at radius 2 is 2.03 bits per heavy atom. The molecule has 1 N–H and O–H groups in total. The van der Waals surface area contributed by atoms with E-state index in [2.05, 4.69) is 12.2 Å². The molecule has 30 heavy (non-hydrogen) atoms. The van der Waals surface area contributed by atoms with E-state index in [0.717, 1.165) is 34.0 Å². The fourth-order valence-corrected chi connectivity index (χ4v) is 4.20. The maximum absolute atomic E-state index is 12.0. The molecule has 1 amide bonds. The van der Waals surface area contributed by atoms with Crippen molar-refractivity contribution in [3.8, 4) is 0 Å². The van der Waals surface area contributed by atoms with Crippen LogP contribution in [0.15, 0.2) is 34.1 Å². The summed E-state index contributed by atoms with van der Waals surface area (Å²) in [5.74, 6) is 0. The normalized spacial score (nSPS) is 12.5. The van der Waals surface area contributed by atoms with Crippen LogP contribution < -0.4 is 5.32 Å². The summed E-state index contributed by atoms with van der Waals surface area (Å²) < 4.78 is 7.24. The molecule has 164 valence electrons. The molecule has 0 saturated carbocycles. The van der Waals surface area contributed by atoms with Crippen molar-refractivity contribution in [1.82, 2.24) is 15.1 Å². The van der Waals surface area contributed by atoms with E-state index < -0.39 is 11.7 Å². The van der Waals surface area contributed by atoms with Crippen molar-refractivity contribution in [3.05, 3.63) is 45.8 Å². The number of nitrogens with one attached hydrogen (secondary N) is 1. The van der Waals surface area contributed by atoms with E-state index in [4.69, 9.17) is 9.84 Å². The number of benzene rings is 1. The van der Waals surface area contributed by atoms with Crippen LogP contribution in [-0.2, 0) is 24.1 Å². The number of hydrogen-bond donors (Lipinski definition) is 1. The molecule has 0 aliphatic carbocycles. The molecule has 0 aliphatic heterocycles. The molecule has 0 bridgehead atoms. The standard InChI is InChI=1S/C21H30N4O4S/c1-7-17-19(30-16-11-9-10-15(12-16)25(27)28)18(8-2)24(23-17)13-14(3)22-20(26)29-21(4,5)6/h9-12,14H,7-8,13H2,1-6H3,(H,22,26)/t14-/m1/s1. The zero-order chi connectivity index (χ0) is 22.5. The number of nitro benzene ring substituents is 1. The first-order chi connectivity index (χ1) is 14.0. The van der Waals surface area contributed by atoms with E-state index >= 15 is 0 Å². The fourth-order valence-electron chi connectivity index (χ4n) is 2.97. The van der Waals surface area contributed by atoms with Crippen LogP contribution in [0.25, 0.3) is 0 Å². The monoisotopic (exact) mass is 434 g/mol. The zero-order valence-electron chi connectivity index (χ0n) is 18.4. The summed E-state index contributed by atoms with van der Waals surface area (Å²) in [6.45, 7) is 12.0. The molecule has 9 heteroatoms. The molecule has 2 rings (SSSR count). The Morgan fingerprint density at radius 1 is 1.33 bits per heavy atom. The summed E-state index contributed by atoms with van der Waals surface area (Å²) in [4.78, 5) is 24.6.